The molecule has 0 bridgehead atoms. The zero-order valence-electron chi connectivity index (χ0n) is 20.3. The first kappa shape index (κ1) is 24.7. The fraction of sp³-hybridized carbons (Fsp3) is 0.345. The number of nitrogens with zero attached hydrogens (tertiary/aromatic N) is 1. The number of ketones is 1. The molecular formula is C29H30FNO4. The van der Waals surface area contributed by atoms with Crippen LogP contribution in [0, 0.1) is 5.82 Å². The van der Waals surface area contributed by atoms with Gasteiger partial charge in [0.25, 0.3) is 0 Å². The van der Waals surface area contributed by atoms with Gasteiger partial charge in [-0.2, -0.15) is 0 Å². The van der Waals surface area contributed by atoms with Gasteiger partial charge in [-0.15, -0.1) is 0 Å². The number of rotatable bonds is 8. The zero-order valence-corrected chi connectivity index (χ0v) is 20.3. The largest absolute Gasteiger partial charge is 0.460 e. The topological polar surface area (TPSA) is 76.5 Å². The Morgan fingerprint density at radius 2 is 1.83 bits per heavy atom. The number of esters is 1. The lowest BCUT2D eigenvalue weighted by molar-refractivity contribution is -0.156. The van der Waals surface area contributed by atoms with Crippen LogP contribution in [0.5, 0.6) is 0 Å². The molecule has 0 aliphatic heterocycles. The SMILES string of the molecule is CC(C)(C)OC(=O)CC(=O)CC(O)/C=C/c1c(C2CC2)nc2ccccc2c1-c1ccc(F)cc1. The van der Waals surface area contributed by atoms with Gasteiger partial charge in [-0.3, -0.25) is 14.6 Å². The van der Waals surface area contributed by atoms with E-state index in [1.165, 1.54) is 12.1 Å². The average molecular weight is 476 g/mol. The molecule has 0 radical (unpaired) electrons. The van der Waals surface area contributed by atoms with Crippen molar-refractivity contribution in [3.05, 3.63) is 71.7 Å². The van der Waals surface area contributed by atoms with Gasteiger partial charge >= 0.3 is 5.97 Å². The second kappa shape index (κ2) is 10.1. The van der Waals surface area contributed by atoms with E-state index in [2.05, 4.69) is 0 Å². The van der Waals surface area contributed by atoms with Crippen molar-refractivity contribution in [1.82, 2.24) is 4.98 Å². The van der Waals surface area contributed by atoms with E-state index in [9.17, 15) is 19.1 Å². The summed E-state index contributed by atoms with van der Waals surface area (Å²) in [6, 6.07) is 14.2. The molecule has 4 rings (SSSR count). The summed E-state index contributed by atoms with van der Waals surface area (Å²) >= 11 is 0. The first-order valence-corrected chi connectivity index (χ1v) is 11.9. The second-order valence-electron chi connectivity index (χ2n) is 10.0. The molecule has 3 aromatic rings. The molecule has 6 heteroatoms. The monoisotopic (exact) mass is 475 g/mol. The number of pyridine rings is 1. The highest BCUT2D eigenvalue weighted by Gasteiger charge is 2.29. The summed E-state index contributed by atoms with van der Waals surface area (Å²) in [7, 11) is 0. The summed E-state index contributed by atoms with van der Waals surface area (Å²) in [6.07, 6.45) is 3.80. The number of carbonyl (C=O) groups is 2. The third kappa shape index (κ3) is 6.40. The van der Waals surface area contributed by atoms with Gasteiger partial charge in [-0.25, -0.2) is 4.39 Å². The number of Topliss-reactive ketones (excluding diaryl/α,β-unsaturated/α-hetero) is 1. The average Bonchev–Trinajstić information content (AvgIpc) is 3.61. The van der Waals surface area contributed by atoms with Crippen molar-refractivity contribution in [1.29, 1.82) is 0 Å². The van der Waals surface area contributed by atoms with Gasteiger partial charge in [0.15, 0.2) is 0 Å². The Bertz CT molecular complexity index is 1270. The number of aromatic nitrogens is 1. The van der Waals surface area contributed by atoms with E-state index in [1.54, 1.807) is 45.1 Å². The lowest BCUT2D eigenvalue weighted by Crippen LogP contribution is -2.26. The molecule has 1 unspecified atom stereocenters. The summed E-state index contributed by atoms with van der Waals surface area (Å²) in [4.78, 5) is 29.1. The Hall–Kier alpha value is -3.38. The van der Waals surface area contributed by atoms with E-state index >= 15 is 0 Å². The summed E-state index contributed by atoms with van der Waals surface area (Å²) in [5.41, 5.74) is 3.75. The standard InChI is InChI=1S/C29H30FNO4/c1-29(2,3)35-26(34)17-22(33)16-21(32)14-15-24-27(18-10-12-20(30)13-11-18)23-6-4-5-7-25(23)31-28(24)19-8-9-19/h4-7,10-15,19,21,32H,8-9,16-17H2,1-3H3/b15-14+. The Morgan fingerprint density at radius 3 is 2.49 bits per heavy atom. The van der Waals surface area contributed by atoms with E-state index in [1.807, 2.05) is 24.3 Å². The highest BCUT2D eigenvalue weighted by molar-refractivity contribution is 5.99. The molecule has 5 nitrogen and oxygen atoms in total. The van der Waals surface area contributed by atoms with Crippen LogP contribution in [0.2, 0.25) is 0 Å². The van der Waals surface area contributed by atoms with Gasteiger partial charge in [0.2, 0.25) is 0 Å². The summed E-state index contributed by atoms with van der Waals surface area (Å²) in [5.74, 6) is -0.990. The molecule has 1 aliphatic rings. The first-order chi connectivity index (χ1) is 16.6. The number of hydrogen-bond acceptors (Lipinski definition) is 5. The van der Waals surface area contributed by atoms with Crippen molar-refractivity contribution in [3.8, 4) is 11.1 Å². The molecule has 0 spiro atoms. The molecule has 1 fully saturated rings. The molecule has 1 saturated carbocycles. The van der Waals surface area contributed by atoms with E-state index < -0.39 is 23.5 Å². The molecule has 0 saturated heterocycles. The summed E-state index contributed by atoms with van der Waals surface area (Å²) in [6.45, 7) is 5.21. The number of benzene rings is 2. The van der Waals surface area contributed by atoms with Crippen LogP contribution in [0.1, 0.15) is 63.6 Å². The molecule has 0 amide bonds. The van der Waals surface area contributed by atoms with Crippen molar-refractivity contribution in [2.24, 2.45) is 0 Å². The van der Waals surface area contributed by atoms with Crippen molar-refractivity contribution in [3.63, 3.8) is 0 Å². The van der Waals surface area contributed by atoms with Crippen LogP contribution >= 0.6 is 0 Å². The molecule has 182 valence electrons. The van der Waals surface area contributed by atoms with Crippen LogP contribution in [-0.2, 0) is 14.3 Å². The van der Waals surface area contributed by atoms with Crippen LogP contribution < -0.4 is 0 Å². The third-order valence-corrected chi connectivity index (χ3v) is 5.74. The normalized spacial score (nSPS) is 14.9. The second-order valence-corrected chi connectivity index (χ2v) is 10.0. The minimum Gasteiger partial charge on any atom is -0.460 e. The molecule has 1 heterocycles. The van der Waals surface area contributed by atoms with Crippen LogP contribution in [0.4, 0.5) is 4.39 Å². The number of fused-ring (bicyclic) bond motifs is 1. The lowest BCUT2D eigenvalue weighted by Gasteiger charge is -2.19. The van der Waals surface area contributed by atoms with Gasteiger partial charge in [-0.05, 0) is 57.4 Å². The van der Waals surface area contributed by atoms with E-state index in [4.69, 9.17) is 9.72 Å². The summed E-state index contributed by atoms with van der Waals surface area (Å²) < 4.78 is 18.9. The Labute approximate surface area is 204 Å². The Morgan fingerprint density at radius 1 is 1.14 bits per heavy atom. The van der Waals surface area contributed by atoms with Crippen molar-refractivity contribution in [2.45, 2.75) is 64.1 Å². The molecule has 2 aromatic carbocycles. The molecular weight excluding hydrogens is 445 g/mol. The Balaban J connectivity index is 1.65. The summed E-state index contributed by atoms with van der Waals surface area (Å²) in [5, 5.41) is 11.5. The third-order valence-electron chi connectivity index (χ3n) is 5.74. The maximum Gasteiger partial charge on any atom is 0.313 e. The predicted molar refractivity (Wildman–Crippen MR) is 134 cm³/mol. The van der Waals surface area contributed by atoms with E-state index in [0.717, 1.165) is 46.1 Å². The van der Waals surface area contributed by atoms with E-state index in [0.29, 0.717) is 5.92 Å². The minimum atomic E-state index is -1.07. The van der Waals surface area contributed by atoms with Crippen LogP contribution in [-0.4, -0.2) is 33.5 Å². The molecule has 1 N–H and O–H groups in total. The molecule has 1 aliphatic carbocycles. The van der Waals surface area contributed by atoms with Gasteiger partial charge < -0.3 is 9.84 Å². The Kier molecular flexibility index (Phi) is 7.13. The molecule has 1 atom stereocenters. The van der Waals surface area contributed by atoms with Gasteiger partial charge in [0.05, 0.1) is 17.3 Å². The van der Waals surface area contributed by atoms with Gasteiger partial charge in [0, 0.05) is 28.9 Å². The highest BCUT2D eigenvalue weighted by atomic mass is 19.1. The van der Waals surface area contributed by atoms with Crippen molar-refractivity contribution >= 4 is 28.7 Å². The van der Waals surface area contributed by atoms with Crippen molar-refractivity contribution in [2.75, 3.05) is 0 Å². The molecule has 1 aromatic heterocycles. The van der Waals surface area contributed by atoms with Gasteiger partial charge in [0.1, 0.15) is 23.6 Å². The number of ether oxygens (including phenoxy) is 1. The number of halogens is 1. The maximum absolute atomic E-state index is 13.7. The number of carbonyl (C=O) groups excluding carboxylic acids is 2. The quantitative estimate of drug-likeness (QED) is 0.320. The highest BCUT2D eigenvalue weighted by Crippen LogP contribution is 2.45. The number of hydrogen-bond donors (Lipinski definition) is 1. The molecule has 35 heavy (non-hydrogen) atoms. The van der Waals surface area contributed by atoms with Crippen LogP contribution in [0.15, 0.2) is 54.6 Å². The minimum absolute atomic E-state index is 0.193. The van der Waals surface area contributed by atoms with Crippen molar-refractivity contribution < 1.29 is 23.8 Å². The number of aliphatic hydroxyl groups is 1. The number of aliphatic hydroxyl groups excluding tert-OH is 1. The fourth-order valence-corrected chi connectivity index (χ4v) is 4.13. The van der Waals surface area contributed by atoms with Gasteiger partial charge in [-0.1, -0.05) is 42.5 Å². The smallest absolute Gasteiger partial charge is 0.313 e. The fourth-order valence-electron chi connectivity index (χ4n) is 4.13. The maximum atomic E-state index is 13.7. The first-order valence-electron chi connectivity index (χ1n) is 11.9. The zero-order chi connectivity index (χ0) is 25.2. The van der Waals surface area contributed by atoms with E-state index in [-0.39, 0.29) is 18.7 Å². The van der Waals surface area contributed by atoms with Crippen LogP contribution in [0.25, 0.3) is 28.1 Å². The number of para-hydroxylation sites is 1. The lowest BCUT2D eigenvalue weighted by atomic mass is 9.92. The van der Waals surface area contributed by atoms with Crippen LogP contribution in [0.3, 0.4) is 0 Å². The predicted octanol–water partition coefficient (Wildman–Crippen LogP) is 5.98.